The van der Waals surface area contributed by atoms with Gasteiger partial charge in [-0.3, -0.25) is 0 Å². The molecule has 30 valence electrons. The predicted molar refractivity (Wildman–Crippen MR) is 29.8 cm³/mol. The zero-order valence-electron chi connectivity index (χ0n) is 2.75. The summed E-state index contributed by atoms with van der Waals surface area (Å²) in [5.74, 6) is 0. The van der Waals surface area contributed by atoms with E-state index in [0.29, 0.717) is 0 Å². The van der Waals surface area contributed by atoms with E-state index < -0.39 is 7.25 Å². The van der Waals surface area contributed by atoms with Crippen molar-refractivity contribution < 1.29 is 3.97 Å². The van der Waals surface area contributed by atoms with Crippen molar-refractivity contribution >= 4 is 28.5 Å². The molecule has 0 saturated heterocycles. The molecule has 0 aliphatic heterocycles. The van der Waals surface area contributed by atoms with Gasteiger partial charge in [-0.2, -0.15) is 0 Å². The van der Waals surface area contributed by atoms with Crippen molar-refractivity contribution in [3.05, 3.63) is 0 Å². The summed E-state index contributed by atoms with van der Waals surface area (Å²) in [7, 11) is 3.32. The van der Waals surface area contributed by atoms with Crippen LogP contribution in [0.2, 0.25) is 0 Å². The molecule has 1 unspecified atom stereocenters. The topological polar surface area (TPSA) is 9.23 Å². The molecule has 1 atom stereocenters. The van der Waals surface area contributed by atoms with Crippen molar-refractivity contribution in [1.82, 2.24) is 0 Å². The van der Waals surface area contributed by atoms with E-state index in [-0.39, 0.29) is 0 Å². The Morgan fingerprint density at radius 3 is 2.20 bits per heavy atom. The fourth-order valence-electron chi connectivity index (χ4n) is 0. The van der Waals surface area contributed by atoms with Gasteiger partial charge < -0.3 is 0 Å². The zero-order chi connectivity index (χ0) is 4.28. The second kappa shape index (κ2) is 3.24. The molecular weight excluding hydrogens is 122 g/mol. The molecule has 0 bridgehead atoms. The van der Waals surface area contributed by atoms with Crippen molar-refractivity contribution in [2.24, 2.45) is 0 Å². The average Bonchev–Trinajstić information content (AvgIpc) is 1.38. The maximum absolute atomic E-state index is 4.37. The first-order chi connectivity index (χ1) is 2.27. The Bertz CT molecular complexity index is 71.5. The Labute approximate surface area is 39.9 Å². The van der Waals surface area contributed by atoms with Crippen LogP contribution in [-0.2, 0) is 3.97 Å². The van der Waals surface area contributed by atoms with Crippen LogP contribution in [-0.4, -0.2) is 6.66 Å². The Balaban J connectivity index is 2.97. The van der Waals surface area contributed by atoms with Gasteiger partial charge in [-0.1, -0.05) is 0 Å². The van der Waals surface area contributed by atoms with E-state index in [4.69, 9.17) is 0 Å². The molecule has 0 aliphatic rings. The predicted octanol–water partition coefficient (Wildman–Crippen LogP) is 2.20. The van der Waals surface area contributed by atoms with Gasteiger partial charge in [0.15, 0.2) is 0 Å². The molecule has 0 aromatic rings. The van der Waals surface area contributed by atoms with Crippen molar-refractivity contribution in [2.75, 3.05) is 6.66 Å². The van der Waals surface area contributed by atoms with E-state index in [2.05, 4.69) is 25.2 Å². The third kappa shape index (κ3) is 5.04. The standard InChI is InChI=1S/CH4OP2S/c1-4(3)2-5/h5H,1H3. The van der Waals surface area contributed by atoms with Gasteiger partial charge in [0, 0.05) is 0 Å². The molecule has 0 saturated carbocycles. The summed E-state index contributed by atoms with van der Waals surface area (Å²) in [6.07, 6.45) is 0. The normalized spacial score (nSPS) is 11.0. The molecule has 0 N–H and O–H groups in total. The fourth-order valence-corrected chi connectivity index (χ4v) is 0. The molecule has 0 rings (SSSR count). The second-order valence-electron chi connectivity index (χ2n) is 0.546. The molecule has 0 radical (unpaired) electrons. The van der Waals surface area contributed by atoms with Crippen LogP contribution in [0.15, 0.2) is 0 Å². The maximum atomic E-state index is 4.37. The molecule has 5 heavy (non-hydrogen) atoms. The van der Waals surface area contributed by atoms with Crippen molar-refractivity contribution in [3.8, 4) is 0 Å². The molecule has 1 nitrogen and oxygen atoms in total. The van der Waals surface area contributed by atoms with Crippen LogP contribution in [0.1, 0.15) is 0 Å². The van der Waals surface area contributed by atoms with E-state index in [1.54, 1.807) is 0 Å². The summed E-state index contributed by atoms with van der Waals surface area (Å²) in [5.41, 5.74) is 0. The van der Waals surface area contributed by atoms with Crippen LogP contribution in [0, 0.1) is 0 Å². The van der Waals surface area contributed by atoms with Crippen LogP contribution in [0.25, 0.3) is 0 Å². The summed E-state index contributed by atoms with van der Waals surface area (Å²) in [6, 6.07) is 0. The van der Waals surface area contributed by atoms with Crippen LogP contribution >= 0.6 is 28.5 Å². The van der Waals surface area contributed by atoms with E-state index in [0.717, 1.165) is 0 Å². The fraction of sp³-hybridized carbons (Fsp3) is 1.00. The summed E-state index contributed by atoms with van der Waals surface area (Å²) in [5, 5.41) is 0. The first kappa shape index (κ1) is 6.04. The molecule has 0 aromatic carbocycles. The van der Waals surface area contributed by atoms with E-state index >= 15 is 0 Å². The zero-order valence-corrected chi connectivity index (χ0v) is 5.43. The van der Waals surface area contributed by atoms with Gasteiger partial charge in [0.2, 0.25) is 0 Å². The summed E-state index contributed by atoms with van der Waals surface area (Å²) in [6.45, 7) is 1.85. The molecule has 0 amide bonds. The molecule has 4 heteroatoms. The van der Waals surface area contributed by atoms with Gasteiger partial charge in [-0.15, -0.1) is 0 Å². The van der Waals surface area contributed by atoms with Crippen molar-refractivity contribution in [3.63, 3.8) is 0 Å². The van der Waals surface area contributed by atoms with E-state index in [1.165, 1.54) is 0 Å². The number of hydrogen-bond acceptors (Lipinski definition) is 2. The summed E-state index contributed by atoms with van der Waals surface area (Å²) >= 11 is 3.47. The minimum atomic E-state index is -0.540. The Hall–Kier alpha value is 1.04. The molecule has 0 fully saturated rings. The number of thiol groups is 1. The van der Waals surface area contributed by atoms with Crippen LogP contribution < -0.4 is 0 Å². The Morgan fingerprint density at radius 2 is 2.20 bits per heavy atom. The van der Waals surface area contributed by atoms with Gasteiger partial charge >= 0.3 is 39.1 Å². The van der Waals surface area contributed by atoms with E-state index in [9.17, 15) is 0 Å². The van der Waals surface area contributed by atoms with Crippen LogP contribution in [0.4, 0.5) is 0 Å². The van der Waals surface area contributed by atoms with Crippen molar-refractivity contribution in [1.29, 1.82) is 0 Å². The average molecular weight is 126 g/mol. The third-order valence-electron chi connectivity index (χ3n) is 0.118. The van der Waals surface area contributed by atoms with Gasteiger partial charge in [0.1, 0.15) is 0 Å². The molecule has 0 aliphatic carbocycles. The second-order valence-corrected chi connectivity index (χ2v) is 3.82. The first-order valence-electron chi connectivity index (χ1n) is 1.01. The quantitative estimate of drug-likeness (QED) is 0.297. The van der Waals surface area contributed by atoms with Gasteiger partial charge in [-0.25, -0.2) is 0 Å². The summed E-state index contributed by atoms with van der Waals surface area (Å²) < 4.78 is 4.37. The van der Waals surface area contributed by atoms with Crippen LogP contribution in [0.3, 0.4) is 0 Å². The summed E-state index contributed by atoms with van der Waals surface area (Å²) in [4.78, 5) is 0. The van der Waals surface area contributed by atoms with Crippen LogP contribution in [0.5, 0.6) is 0 Å². The van der Waals surface area contributed by atoms with Gasteiger partial charge in [-0.05, 0) is 0 Å². The molecule has 0 heterocycles. The Kier molecular flexibility index (Phi) is 3.91. The van der Waals surface area contributed by atoms with Gasteiger partial charge in [0.25, 0.3) is 0 Å². The van der Waals surface area contributed by atoms with Gasteiger partial charge in [0.05, 0.1) is 0 Å². The van der Waals surface area contributed by atoms with E-state index in [1.807, 2.05) is 6.66 Å². The first-order valence-corrected chi connectivity index (χ1v) is 4.24. The number of hydrogen-bond donors (Lipinski definition) is 1. The minimum absolute atomic E-state index is 0.540. The number of rotatable bonds is 0. The van der Waals surface area contributed by atoms with Crippen molar-refractivity contribution in [2.45, 2.75) is 0 Å². The molecular formula is CH4OP2S. The molecule has 0 aromatic heterocycles. The monoisotopic (exact) mass is 126 g/mol. The Morgan fingerprint density at radius 1 is 2.00 bits per heavy atom. The molecule has 0 spiro atoms. The SMILES string of the molecule is CP(#P)OS. The third-order valence-corrected chi connectivity index (χ3v) is 1.72.